The van der Waals surface area contributed by atoms with Crippen molar-refractivity contribution in [2.45, 2.75) is 32.2 Å². The zero-order valence-electron chi connectivity index (χ0n) is 17.3. The predicted molar refractivity (Wildman–Crippen MR) is 114 cm³/mol. The fourth-order valence-corrected chi connectivity index (χ4v) is 4.39. The van der Waals surface area contributed by atoms with Crippen molar-refractivity contribution >= 4 is 29.0 Å². The highest BCUT2D eigenvalue weighted by molar-refractivity contribution is 7.13. The highest BCUT2D eigenvalue weighted by atomic mass is 32.1. The van der Waals surface area contributed by atoms with Crippen molar-refractivity contribution in [3.05, 3.63) is 28.2 Å². The Morgan fingerprint density at radius 2 is 2.16 bits per heavy atom. The van der Waals surface area contributed by atoms with E-state index in [4.69, 9.17) is 14.2 Å². The topological polar surface area (TPSA) is 115 Å². The number of aromatic nitrogens is 2. The number of rotatable bonds is 8. The van der Waals surface area contributed by atoms with Gasteiger partial charge in [-0.05, 0) is 38.3 Å². The standard InChI is InChI=1S/C20H25N5O5S/c1-2-28-10-4-8-21-20(27)25-9-3-5-14(25)18-23-24-19(31-18)17(26)22-13-6-7-15-16(11-13)30-12-29-15/h6-7,11,14H,2-5,8-10,12H2,1H3,(H,21,27)(H,22,26)/t14-/m1/s1. The number of carbonyl (C=O) groups is 2. The molecule has 2 aromatic rings. The number of urea groups is 1. The van der Waals surface area contributed by atoms with E-state index >= 15 is 0 Å². The second-order valence-electron chi connectivity index (χ2n) is 7.10. The van der Waals surface area contributed by atoms with Gasteiger partial charge in [-0.3, -0.25) is 4.79 Å². The third-order valence-corrected chi connectivity index (χ3v) is 6.03. The zero-order valence-corrected chi connectivity index (χ0v) is 18.1. The van der Waals surface area contributed by atoms with E-state index < -0.39 is 0 Å². The van der Waals surface area contributed by atoms with Crippen LogP contribution >= 0.6 is 11.3 Å². The molecule has 4 rings (SSSR count). The average molecular weight is 448 g/mol. The van der Waals surface area contributed by atoms with Crippen LogP contribution in [0.5, 0.6) is 11.5 Å². The van der Waals surface area contributed by atoms with Gasteiger partial charge in [-0.25, -0.2) is 4.79 Å². The molecule has 3 heterocycles. The molecule has 0 bridgehead atoms. The summed E-state index contributed by atoms with van der Waals surface area (Å²) in [5.41, 5.74) is 0.583. The van der Waals surface area contributed by atoms with Crippen LogP contribution in [0, 0.1) is 0 Å². The molecule has 0 unspecified atom stereocenters. The van der Waals surface area contributed by atoms with Crippen LogP contribution in [0.4, 0.5) is 10.5 Å². The van der Waals surface area contributed by atoms with Gasteiger partial charge in [0, 0.05) is 38.1 Å². The van der Waals surface area contributed by atoms with E-state index in [9.17, 15) is 9.59 Å². The number of hydrogen-bond donors (Lipinski definition) is 2. The van der Waals surface area contributed by atoms with Gasteiger partial charge in [0.25, 0.3) is 5.91 Å². The Hall–Kier alpha value is -2.92. The zero-order chi connectivity index (χ0) is 21.6. The molecular formula is C20H25N5O5S. The summed E-state index contributed by atoms with van der Waals surface area (Å²) in [5.74, 6) is 0.880. The van der Waals surface area contributed by atoms with Gasteiger partial charge in [-0.2, -0.15) is 0 Å². The smallest absolute Gasteiger partial charge is 0.317 e. The maximum atomic E-state index is 12.6. The summed E-state index contributed by atoms with van der Waals surface area (Å²) in [5, 5.41) is 14.9. The number of carbonyl (C=O) groups excluding carboxylic acids is 2. The molecule has 2 aliphatic heterocycles. The molecule has 2 aliphatic rings. The molecule has 1 saturated heterocycles. The van der Waals surface area contributed by atoms with Gasteiger partial charge >= 0.3 is 6.03 Å². The largest absolute Gasteiger partial charge is 0.454 e. The Kier molecular flexibility index (Phi) is 6.82. The predicted octanol–water partition coefficient (Wildman–Crippen LogP) is 2.79. The second kappa shape index (κ2) is 9.92. The number of anilines is 1. The van der Waals surface area contributed by atoms with Crippen molar-refractivity contribution in [1.82, 2.24) is 20.4 Å². The van der Waals surface area contributed by atoms with Gasteiger partial charge in [0.1, 0.15) is 5.01 Å². The highest BCUT2D eigenvalue weighted by Gasteiger charge is 2.33. The number of amides is 3. The molecule has 3 amide bonds. The molecule has 2 N–H and O–H groups in total. The van der Waals surface area contributed by atoms with Crippen molar-refractivity contribution in [2.75, 3.05) is 38.4 Å². The Labute approximate surface area is 183 Å². The van der Waals surface area contributed by atoms with Gasteiger partial charge in [0.15, 0.2) is 11.5 Å². The molecule has 0 spiro atoms. The summed E-state index contributed by atoms with van der Waals surface area (Å²) in [6.45, 7) is 4.62. The van der Waals surface area contributed by atoms with E-state index in [1.165, 1.54) is 11.3 Å². The molecule has 11 heteroatoms. The molecule has 166 valence electrons. The van der Waals surface area contributed by atoms with Crippen LogP contribution in [0.15, 0.2) is 18.2 Å². The summed E-state index contributed by atoms with van der Waals surface area (Å²) in [4.78, 5) is 26.9. The SMILES string of the molecule is CCOCCCNC(=O)N1CCC[C@@H]1c1nnc(C(=O)Nc2ccc3c(c2)OCO3)s1. The van der Waals surface area contributed by atoms with Crippen LogP contribution < -0.4 is 20.1 Å². The van der Waals surface area contributed by atoms with Gasteiger partial charge in [-0.15, -0.1) is 10.2 Å². The summed E-state index contributed by atoms with van der Waals surface area (Å²) >= 11 is 1.21. The Balaban J connectivity index is 1.34. The number of likely N-dealkylation sites (tertiary alicyclic amines) is 1. The minimum absolute atomic E-state index is 0.124. The lowest BCUT2D eigenvalue weighted by atomic mass is 10.2. The van der Waals surface area contributed by atoms with Crippen molar-refractivity contribution in [1.29, 1.82) is 0 Å². The molecular weight excluding hydrogens is 422 g/mol. The van der Waals surface area contributed by atoms with Gasteiger partial charge < -0.3 is 29.7 Å². The molecule has 31 heavy (non-hydrogen) atoms. The number of nitrogens with one attached hydrogen (secondary N) is 2. The summed E-state index contributed by atoms with van der Waals surface area (Å²) in [7, 11) is 0. The lowest BCUT2D eigenvalue weighted by molar-refractivity contribution is 0.102. The first kappa shape index (κ1) is 21.3. The molecule has 10 nitrogen and oxygen atoms in total. The third kappa shape index (κ3) is 5.05. The van der Waals surface area contributed by atoms with Crippen molar-refractivity contribution < 1.29 is 23.8 Å². The summed E-state index contributed by atoms with van der Waals surface area (Å²) < 4.78 is 15.9. The summed E-state index contributed by atoms with van der Waals surface area (Å²) in [6.07, 6.45) is 2.45. The number of hydrogen-bond acceptors (Lipinski definition) is 8. The highest BCUT2D eigenvalue weighted by Crippen LogP contribution is 2.35. The quantitative estimate of drug-likeness (QED) is 0.598. The van der Waals surface area contributed by atoms with E-state index in [0.29, 0.717) is 48.5 Å². The van der Waals surface area contributed by atoms with Gasteiger partial charge in [0.2, 0.25) is 11.8 Å². The fourth-order valence-electron chi connectivity index (χ4n) is 3.50. The maximum absolute atomic E-state index is 12.6. The van der Waals surface area contributed by atoms with Crippen LogP contribution in [-0.2, 0) is 4.74 Å². The van der Waals surface area contributed by atoms with E-state index in [2.05, 4.69) is 20.8 Å². The molecule has 1 fully saturated rings. The van der Waals surface area contributed by atoms with E-state index in [0.717, 1.165) is 19.3 Å². The maximum Gasteiger partial charge on any atom is 0.317 e. The van der Waals surface area contributed by atoms with E-state index in [1.54, 1.807) is 23.1 Å². The van der Waals surface area contributed by atoms with Gasteiger partial charge in [-0.1, -0.05) is 11.3 Å². The monoisotopic (exact) mass is 447 g/mol. The average Bonchev–Trinajstić information content (AvgIpc) is 3.52. The van der Waals surface area contributed by atoms with Crippen LogP contribution in [0.3, 0.4) is 0 Å². The lowest BCUT2D eigenvalue weighted by Crippen LogP contribution is -2.40. The van der Waals surface area contributed by atoms with Crippen LogP contribution in [-0.4, -0.2) is 60.1 Å². The molecule has 0 radical (unpaired) electrons. The third-order valence-electron chi connectivity index (χ3n) is 5.01. The van der Waals surface area contributed by atoms with Crippen LogP contribution in [0.25, 0.3) is 0 Å². The Morgan fingerprint density at radius 1 is 1.29 bits per heavy atom. The first-order valence-corrected chi connectivity index (χ1v) is 11.1. The van der Waals surface area contributed by atoms with Crippen molar-refractivity contribution in [2.24, 2.45) is 0 Å². The minimum Gasteiger partial charge on any atom is -0.454 e. The number of benzene rings is 1. The normalized spacial score (nSPS) is 17.1. The Morgan fingerprint density at radius 3 is 3.03 bits per heavy atom. The fraction of sp³-hybridized carbons (Fsp3) is 0.500. The molecule has 1 atom stereocenters. The van der Waals surface area contributed by atoms with Gasteiger partial charge in [0.05, 0.1) is 6.04 Å². The minimum atomic E-state index is -0.354. The summed E-state index contributed by atoms with van der Waals surface area (Å²) in [6, 6.07) is 4.89. The molecule has 0 aliphatic carbocycles. The van der Waals surface area contributed by atoms with E-state index in [1.807, 2.05) is 6.92 Å². The first-order valence-electron chi connectivity index (χ1n) is 10.3. The molecule has 0 saturated carbocycles. The van der Waals surface area contributed by atoms with Crippen LogP contribution in [0.2, 0.25) is 0 Å². The van der Waals surface area contributed by atoms with Crippen molar-refractivity contribution in [3.8, 4) is 11.5 Å². The number of nitrogens with zero attached hydrogens (tertiary/aromatic N) is 3. The van der Waals surface area contributed by atoms with E-state index in [-0.39, 0.29) is 29.8 Å². The second-order valence-corrected chi connectivity index (χ2v) is 8.11. The number of fused-ring (bicyclic) bond motifs is 1. The first-order chi connectivity index (χ1) is 15.2. The molecule has 1 aromatic carbocycles. The van der Waals surface area contributed by atoms with Crippen LogP contribution in [0.1, 0.15) is 47.0 Å². The lowest BCUT2D eigenvalue weighted by Gasteiger charge is -2.23. The molecule has 1 aromatic heterocycles. The number of ether oxygens (including phenoxy) is 3. The van der Waals surface area contributed by atoms with Crippen molar-refractivity contribution in [3.63, 3.8) is 0 Å². The Bertz CT molecular complexity index is 936.